The molecule has 4 fully saturated rings. The zero-order valence-corrected chi connectivity index (χ0v) is 26.6. The minimum Gasteiger partial charge on any atom is -0.471 e. The number of fused-ring (bicyclic) bond motifs is 2. The Kier molecular flexibility index (Phi) is 7.76. The highest BCUT2D eigenvalue weighted by atomic mass is 127. The number of nitrogens with zero attached hydrogens (tertiary/aromatic N) is 4. The van der Waals surface area contributed by atoms with E-state index in [4.69, 9.17) is 9.47 Å². The highest BCUT2D eigenvalue weighted by Gasteiger charge is 2.66. The van der Waals surface area contributed by atoms with Crippen molar-refractivity contribution in [2.24, 2.45) is 5.92 Å². The number of carbonyl (C=O) groups excluding carboxylic acids is 1. The molecule has 0 spiro atoms. The van der Waals surface area contributed by atoms with E-state index in [0.717, 1.165) is 24.3 Å². The van der Waals surface area contributed by atoms with Gasteiger partial charge in [0.05, 0.1) is 21.0 Å². The van der Waals surface area contributed by atoms with E-state index in [2.05, 4.69) is 31.1 Å². The Morgan fingerprint density at radius 1 is 1.39 bits per heavy atom. The van der Waals surface area contributed by atoms with Crippen LogP contribution in [0.4, 0.5) is 19.7 Å². The first-order valence-corrected chi connectivity index (χ1v) is 15.0. The number of halogens is 3. The van der Waals surface area contributed by atoms with Crippen LogP contribution in [0.25, 0.3) is 10.9 Å². The van der Waals surface area contributed by atoms with Crippen LogP contribution in [-0.2, 0) is 4.74 Å². The van der Waals surface area contributed by atoms with Gasteiger partial charge in [0.15, 0.2) is 5.82 Å². The average molecular weight is 750 g/mol. The molecule has 12 nitrogen and oxygen atoms in total. The SMILES string of the molecule is CN1CCC[C@H]1COc1nc2c(F)c(Br)c(I)cc2c(C2C3CC(NC(=O)OC(C)(C)C)(C3)N2C(=O)O)c1[N+](=O)[O-]. The number of hydrogen-bond acceptors (Lipinski definition) is 8. The van der Waals surface area contributed by atoms with Gasteiger partial charge in [-0.2, -0.15) is 0 Å². The number of carbonyl (C=O) groups is 2. The maximum Gasteiger partial charge on any atom is 0.409 e. The van der Waals surface area contributed by atoms with Gasteiger partial charge < -0.3 is 19.5 Å². The van der Waals surface area contributed by atoms with Crippen LogP contribution in [0, 0.1) is 25.4 Å². The third-order valence-electron chi connectivity index (χ3n) is 7.99. The van der Waals surface area contributed by atoms with Gasteiger partial charge in [-0.05, 0) is 111 Å². The lowest BCUT2D eigenvalue weighted by Crippen LogP contribution is -2.61. The monoisotopic (exact) mass is 749 g/mol. The van der Waals surface area contributed by atoms with Gasteiger partial charge in [-0.15, -0.1) is 0 Å². The van der Waals surface area contributed by atoms with Gasteiger partial charge in [-0.1, -0.05) is 0 Å². The van der Waals surface area contributed by atoms with Crippen LogP contribution in [0.2, 0.25) is 0 Å². The molecule has 3 saturated heterocycles. The highest BCUT2D eigenvalue weighted by Crippen LogP contribution is 2.62. The molecule has 2 aromatic rings. The Morgan fingerprint density at radius 3 is 2.63 bits per heavy atom. The van der Waals surface area contributed by atoms with Crippen LogP contribution in [-0.4, -0.2) is 74.5 Å². The Hall–Kier alpha value is -2.53. The maximum atomic E-state index is 15.7. The molecular formula is C26H30BrFIN5O7. The van der Waals surface area contributed by atoms with Crippen molar-refractivity contribution in [1.82, 2.24) is 20.1 Å². The Morgan fingerprint density at radius 2 is 2.07 bits per heavy atom. The number of likely N-dealkylation sites (N-methyl/N-ethyl adjacent to an activating group) is 1. The van der Waals surface area contributed by atoms with E-state index in [-0.39, 0.29) is 58.2 Å². The van der Waals surface area contributed by atoms with E-state index in [1.165, 1.54) is 0 Å². The number of carboxylic acid groups (broad SMARTS) is 1. The molecule has 4 aliphatic rings. The van der Waals surface area contributed by atoms with Crippen molar-refractivity contribution in [2.45, 2.75) is 69.8 Å². The molecule has 15 heteroatoms. The lowest BCUT2D eigenvalue weighted by molar-refractivity contribution is -0.387. The lowest BCUT2D eigenvalue weighted by Gasteiger charge is -2.41. The fourth-order valence-corrected chi connectivity index (χ4v) is 7.12. The Balaban J connectivity index is 1.66. The van der Waals surface area contributed by atoms with Crippen molar-refractivity contribution in [3.63, 3.8) is 0 Å². The molecule has 0 radical (unpaired) electrons. The minimum atomic E-state index is -1.38. The quantitative estimate of drug-likeness (QED) is 0.162. The zero-order valence-electron chi connectivity index (χ0n) is 22.9. The lowest BCUT2D eigenvalue weighted by atomic mass is 9.76. The number of amides is 2. The molecule has 1 saturated carbocycles. The van der Waals surface area contributed by atoms with Crippen LogP contribution in [0.15, 0.2) is 10.5 Å². The molecule has 1 aliphatic carbocycles. The molecule has 2 atom stereocenters. The van der Waals surface area contributed by atoms with Crippen molar-refractivity contribution in [3.8, 4) is 5.88 Å². The topological polar surface area (TPSA) is 147 Å². The van der Waals surface area contributed by atoms with E-state index in [1.807, 2.05) is 29.6 Å². The van der Waals surface area contributed by atoms with Crippen LogP contribution < -0.4 is 10.1 Å². The number of rotatable bonds is 6. The summed E-state index contributed by atoms with van der Waals surface area (Å²) in [6.45, 7) is 6.02. The van der Waals surface area contributed by atoms with E-state index < -0.39 is 45.9 Å². The fraction of sp³-hybridized carbons (Fsp3) is 0.577. The molecule has 41 heavy (non-hydrogen) atoms. The number of ether oxygens (including phenoxy) is 2. The Labute approximate surface area is 257 Å². The molecule has 4 heterocycles. The smallest absolute Gasteiger partial charge is 0.409 e. The predicted molar refractivity (Wildman–Crippen MR) is 157 cm³/mol. The zero-order chi connectivity index (χ0) is 30.0. The number of aromatic nitrogens is 1. The molecule has 2 amide bonds. The summed E-state index contributed by atoms with van der Waals surface area (Å²) < 4.78 is 27.5. The van der Waals surface area contributed by atoms with Gasteiger partial charge in [-0.25, -0.2) is 19.0 Å². The van der Waals surface area contributed by atoms with E-state index in [0.29, 0.717) is 3.57 Å². The standard InChI is InChI=1S/C26H30BrFIN5O7/c1-25(2,3)41-23(35)31-26-9-12(10-26)20(33(26)24(36)37)16-14-8-15(29)17(27)18(28)19(14)30-22(21(16)34(38)39)40-11-13-6-5-7-32(13)4/h8,12-13,20H,5-7,9-11H2,1-4H3,(H,31,35)(H,36,37)/t12?,13-,20?,26?/m0/s1. The van der Waals surface area contributed by atoms with Crippen LogP contribution in [0.3, 0.4) is 0 Å². The molecule has 2 N–H and O–H groups in total. The maximum absolute atomic E-state index is 15.7. The Bertz CT molecular complexity index is 1450. The minimum absolute atomic E-state index is 0.0000324. The predicted octanol–water partition coefficient (Wildman–Crippen LogP) is 5.79. The molecule has 222 valence electrons. The van der Waals surface area contributed by atoms with Gasteiger partial charge >= 0.3 is 17.9 Å². The van der Waals surface area contributed by atoms with Gasteiger partial charge in [0.2, 0.25) is 0 Å². The third-order valence-corrected chi connectivity index (χ3v) is 10.4. The summed E-state index contributed by atoms with van der Waals surface area (Å²) in [5.41, 5.74) is -2.83. The number of benzene rings is 1. The largest absolute Gasteiger partial charge is 0.471 e. The fourth-order valence-electron chi connectivity index (χ4n) is 6.27. The molecule has 1 aromatic carbocycles. The van der Waals surface area contributed by atoms with Crippen molar-refractivity contribution in [1.29, 1.82) is 0 Å². The first kappa shape index (κ1) is 29.9. The van der Waals surface area contributed by atoms with Gasteiger partial charge in [0, 0.05) is 15.0 Å². The highest BCUT2D eigenvalue weighted by molar-refractivity contribution is 14.1. The summed E-state index contributed by atoms with van der Waals surface area (Å²) in [5.74, 6) is -1.49. The number of nitro groups is 1. The average Bonchev–Trinajstić information content (AvgIpc) is 3.48. The number of pyridine rings is 1. The molecular weight excluding hydrogens is 720 g/mol. The van der Waals surface area contributed by atoms with Gasteiger partial charge in [-0.3, -0.25) is 20.3 Å². The van der Waals surface area contributed by atoms with Gasteiger partial charge in [0.1, 0.15) is 23.4 Å². The molecule has 1 aromatic heterocycles. The molecule has 2 bridgehead atoms. The second-order valence-corrected chi connectivity index (χ2v) is 13.8. The van der Waals surface area contributed by atoms with E-state index in [1.54, 1.807) is 26.8 Å². The first-order chi connectivity index (χ1) is 19.1. The summed E-state index contributed by atoms with van der Waals surface area (Å²) in [5, 5.41) is 25.9. The van der Waals surface area contributed by atoms with Crippen LogP contribution >= 0.6 is 38.5 Å². The summed E-state index contributed by atoms with van der Waals surface area (Å²) in [7, 11) is 1.93. The second-order valence-electron chi connectivity index (χ2n) is 11.8. The molecule has 3 aliphatic heterocycles. The van der Waals surface area contributed by atoms with Crippen LogP contribution in [0.1, 0.15) is 58.1 Å². The number of hydrogen-bond donors (Lipinski definition) is 2. The summed E-state index contributed by atoms with van der Waals surface area (Å²) >= 11 is 5.13. The van der Waals surface area contributed by atoms with Gasteiger partial charge in [0.25, 0.3) is 5.88 Å². The number of alkyl carbamates (subject to hydrolysis) is 1. The number of likely N-dealkylation sites (tertiary alicyclic amines) is 1. The first-order valence-electron chi connectivity index (χ1n) is 13.2. The van der Waals surface area contributed by atoms with Crippen molar-refractivity contribution < 1.29 is 33.5 Å². The van der Waals surface area contributed by atoms with E-state index >= 15 is 4.39 Å². The summed E-state index contributed by atoms with van der Waals surface area (Å²) in [6, 6.07) is 0.484. The van der Waals surface area contributed by atoms with Crippen molar-refractivity contribution in [2.75, 3.05) is 20.2 Å². The normalized spacial score (nSPS) is 25.7. The summed E-state index contributed by atoms with van der Waals surface area (Å²) in [4.78, 5) is 44.9. The number of nitrogens with one attached hydrogen (secondary N) is 1. The van der Waals surface area contributed by atoms with Crippen LogP contribution in [0.5, 0.6) is 5.88 Å². The molecule has 6 rings (SSSR count). The van der Waals surface area contributed by atoms with Crippen molar-refractivity contribution in [3.05, 3.63) is 35.6 Å². The van der Waals surface area contributed by atoms with E-state index in [9.17, 15) is 24.8 Å². The summed E-state index contributed by atoms with van der Waals surface area (Å²) in [6.07, 6.45) is 0.0256. The third kappa shape index (κ3) is 5.28. The second kappa shape index (κ2) is 10.6. The molecule has 1 unspecified atom stereocenters. The van der Waals surface area contributed by atoms with Crippen molar-refractivity contribution >= 4 is 67.3 Å².